The fourth-order valence-electron chi connectivity index (χ4n) is 4.94. The number of benzene rings is 1. The number of amides is 1. The van der Waals surface area contributed by atoms with Gasteiger partial charge in [-0.1, -0.05) is 17.7 Å². The fourth-order valence-corrected chi connectivity index (χ4v) is 4.94. The van der Waals surface area contributed by atoms with Crippen LogP contribution in [0.15, 0.2) is 24.3 Å². The van der Waals surface area contributed by atoms with Crippen LogP contribution in [0.1, 0.15) is 53.0 Å². The molecule has 1 aliphatic carbocycles. The monoisotopic (exact) mass is 350 g/mol. The third-order valence-electron chi connectivity index (χ3n) is 6.30. The van der Waals surface area contributed by atoms with Crippen LogP contribution in [-0.4, -0.2) is 45.8 Å². The minimum absolute atomic E-state index is 0.158. The molecule has 2 aromatic rings. The minimum atomic E-state index is 0.158. The molecule has 0 spiro atoms. The van der Waals surface area contributed by atoms with E-state index in [4.69, 9.17) is 5.10 Å². The first-order valence-electron chi connectivity index (χ1n) is 9.93. The maximum atomic E-state index is 13.5. The van der Waals surface area contributed by atoms with Gasteiger partial charge < -0.3 is 10.2 Å². The number of nitrogens with one attached hydrogen (secondary N) is 1. The Bertz CT molecular complexity index is 824. The molecular weight excluding hydrogens is 324 g/mol. The van der Waals surface area contributed by atoms with Gasteiger partial charge in [0.15, 0.2) is 5.69 Å². The number of carbonyl (C=O) groups excluding carboxylic acids is 1. The Morgan fingerprint density at radius 1 is 1.12 bits per heavy atom. The molecule has 1 aromatic heterocycles. The zero-order valence-corrected chi connectivity index (χ0v) is 15.4. The molecule has 5 heteroatoms. The molecule has 0 radical (unpaired) electrons. The highest BCUT2D eigenvalue weighted by atomic mass is 16.2. The van der Waals surface area contributed by atoms with Gasteiger partial charge in [-0.2, -0.15) is 5.10 Å². The van der Waals surface area contributed by atoms with Gasteiger partial charge in [0, 0.05) is 29.9 Å². The van der Waals surface area contributed by atoms with Crippen LogP contribution in [0.2, 0.25) is 0 Å². The molecule has 2 atom stereocenters. The van der Waals surface area contributed by atoms with Gasteiger partial charge in [0.1, 0.15) is 0 Å². The Labute approximate surface area is 154 Å². The average Bonchev–Trinajstić information content (AvgIpc) is 3.28. The second kappa shape index (κ2) is 6.23. The molecule has 5 nitrogen and oxygen atoms in total. The summed E-state index contributed by atoms with van der Waals surface area (Å²) in [6, 6.07) is 9.14. The maximum Gasteiger partial charge on any atom is 0.275 e. The van der Waals surface area contributed by atoms with Gasteiger partial charge in [0.05, 0.1) is 5.69 Å². The van der Waals surface area contributed by atoms with E-state index in [2.05, 4.69) is 41.4 Å². The predicted octanol–water partition coefficient (Wildman–Crippen LogP) is 2.64. The minimum Gasteiger partial charge on any atom is -0.330 e. The van der Waals surface area contributed by atoms with Gasteiger partial charge in [-0.05, 0) is 64.1 Å². The van der Waals surface area contributed by atoms with Crippen molar-refractivity contribution in [2.45, 2.75) is 57.5 Å². The van der Waals surface area contributed by atoms with Crippen LogP contribution in [0.25, 0.3) is 5.69 Å². The number of nitrogens with zero attached hydrogens (tertiary/aromatic N) is 3. The van der Waals surface area contributed by atoms with Gasteiger partial charge in [-0.25, -0.2) is 4.68 Å². The summed E-state index contributed by atoms with van der Waals surface area (Å²) >= 11 is 0. The molecule has 2 unspecified atom stereocenters. The Morgan fingerprint density at radius 2 is 1.92 bits per heavy atom. The number of aryl methyl sites for hydroxylation is 1. The Hall–Kier alpha value is -2.14. The summed E-state index contributed by atoms with van der Waals surface area (Å²) in [4.78, 5) is 15.6. The van der Waals surface area contributed by atoms with Gasteiger partial charge in [-0.15, -0.1) is 0 Å². The highest BCUT2D eigenvalue weighted by molar-refractivity contribution is 5.95. The number of carbonyl (C=O) groups is 1. The van der Waals surface area contributed by atoms with Crippen LogP contribution < -0.4 is 5.32 Å². The van der Waals surface area contributed by atoms with Crippen molar-refractivity contribution >= 4 is 5.91 Å². The number of fused-ring (bicyclic) bond motifs is 3. The first-order chi connectivity index (χ1) is 12.7. The number of hydrogen-bond acceptors (Lipinski definition) is 3. The molecule has 3 heterocycles. The van der Waals surface area contributed by atoms with Gasteiger partial charge in [0.25, 0.3) is 5.91 Å². The number of aromatic nitrogens is 2. The second-order valence-corrected chi connectivity index (χ2v) is 7.96. The molecule has 1 aromatic carbocycles. The van der Waals surface area contributed by atoms with Crippen LogP contribution in [0.4, 0.5) is 0 Å². The third-order valence-corrected chi connectivity index (χ3v) is 6.30. The van der Waals surface area contributed by atoms with Crippen LogP contribution in [0.3, 0.4) is 0 Å². The molecule has 2 bridgehead atoms. The van der Waals surface area contributed by atoms with E-state index in [0.717, 1.165) is 57.3 Å². The summed E-state index contributed by atoms with van der Waals surface area (Å²) in [7, 11) is 0. The first kappa shape index (κ1) is 16.1. The summed E-state index contributed by atoms with van der Waals surface area (Å²) < 4.78 is 2.02. The lowest BCUT2D eigenvalue weighted by Gasteiger charge is -2.27. The van der Waals surface area contributed by atoms with E-state index >= 15 is 0 Å². The van der Waals surface area contributed by atoms with E-state index < -0.39 is 0 Å². The smallest absolute Gasteiger partial charge is 0.275 e. The molecule has 0 saturated carbocycles. The summed E-state index contributed by atoms with van der Waals surface area (Å²) in [5.41, 5.74) is 5.43. The van der Waals surface area contributed by atoms with Crippen molar-refractivity contribution in [2.24, 2.45) is 0 Å². The lowest BCUT2D eigenvalue weighted by atomic mass is 10.1. The summed E-state index contributed by atoms with van der Waals surface area (Å²) in [6.07, 6.45) is 6.42. The van der Waals surface area contributed by atoms with Gasteiger partial charge in [-0.3, -0.25) is 4.79 Å². The predicted molar refractivity (Wildman–Crippen MR) is 101 cm³/mol. The van der Waals surface area contributed by atoms with E-state index in [-0.39, 0.29) is 5.91 Å². The van der Waals surface area contributed by atoms with Crippen molar-refractivity contribution < 1.29 is 4.79 Å². The van der Waals surface area contributed by atoms with Crippen LogP contribution >= 0.6 is 0 Å². The number of rotatable bonds is 2. The summed E-state index contributed by atoms with van der Waals surface area (Å²) in [5.74, 6) is 0.158. The zero-order chi connectivity index (χ0) is 17.7. The second-order valence-electron chi connectivity index (χ2n) is 7.96. The molecule has 5 rings (SSSR count). The van der Waals surface area contributed by atoms with E-state index in [1.807, 2.05) is 4.68 Å². The molecule has 136 valence electrons. The van der Waals surface area contributed by atoms with Gasteiger partial charge >= 0.3 is 0 Å². The van der Waals surface area contributed by atoms with Crippen molar-refractivity contribution in [3.05, 3.63) is 46.8 Å². The summed E-state index contributed by atoms with van der Waals surface area (Å²) in [5, 5.41) is 8.32. The molecule has 26 heavy (non-hydrogen) atoms. The lowest BCUT2D eigenvalue weighted by Crippen LogP contribution is -2.43. The quantitative estimate of drug-likeness (QED) is 0.906. The van der Waals surface area contributed by atoms with Gasteiger partial charge in [0.2, 0.25) is 0 Å². The van der Waals surface area contributed by atoms with Crippen LogP contribution in [0, 0.1) is 6.92 Å². The van der Waals surface area contributed by atoms with Crippen LogP contribution in [-0.2, 0) is 12.8 Å². The highest BCUT2D eigenvalue weighted by Crippen LogP contribution is 2.33. The molecule has 3 aliphatic rings. The maximum absolute atomic E-state index is 13.5. The first-order valence-corrected chi connectivity index (χ1v) is 9.93. The largest absolute Gasteiger partial charge is 0.330 e. The van der Waals surface area contributed by atoms with Crippen molar-refractivity contribution in [1.29, 1.82) is 0 Å². The SMILES string of the molecule is Cc1ccc(-n2nc(C(=O)N3C4CCNCC3CC4)c3c2CCC3)cc1. The molecule has 2 fully saturated rings. The average molecular weight is 350 g/mol. The van der Waals surface area contributed by atoms with E-state index in [1.165, 1.54) is 16.8 Å². The van der Waals surface area contributed by atoms with E-state index in [0.29, 0.717) is 17.8 Å². The van der Waals surface area contributed by atoms with E-state index in [9.17, 15) is 4.79 Å². The normalized spacial score (nSPS) is 24.6. The van der Waals surface area contributed by atoms with E-state index in [1.54, 1.807) is 0 Å². The number of hydrogen-bond donors (Lipinski definition) is 1. The third kappa shape index (κ3) is 2.49. The van der Waals surface area contributed by atoms with Crippen molar-refractivity contribution in [3.8, 4) is 5.69 Å². The Morgan fingerprint density at radius 3 is 2.77 bits per heavy atom. The van der Waals surface area contributed by atoms with Crippen molar-refractivity contribution in [1.82, 2.24) is 20.0 Å². The summed E-state index contributed by atoms with van der Waals surface area (Å²) in [6.45, 7) is 4.03. The fraction of sp³-hybridized carbons (Fsp3) is 0.524. The molecule has 1 N–H and O–H groups in total. The van der Waals surface area contributed by atoms with Crippen molar-refractivity contribution in [2.75, 3.05) is 13.1 Å². The topological polar surface area (TPSA) is 50.2 Å². The molecule has 1 amide bonds. The Kier molecular flexibility index (Phi) is 3.85. The van der Waals surface area contributed by atoms with Crippen LogP contribution in [0.5, 0.6) is 0 Å². The molecular formula is C21H26N4O. The standard InChI is InChI=1S/C21H26N4O/c1-14-5-7-16(8-6-14)25-19-4-2-3-18(19)20(23-25)21(26)24-15-9-10-17(24)13-22-12-11-15/h5-8,15,17,22H,2-4,9-13H2,1H3. The molecule has 2 aliphatic heterocycles. The lowest BCUT2D eigenvalue weighted by molar-refractivity contribution is 0.0672. The zero-order valence-electron chi connectivity index (χ0n) is 15.4. The van der Waals surface area contributed by atoms with Crippen molar-refractivity contribution in [3.63, 3.8) is 0 Å². The Balaban J connectivity index is 1.54. The molecule has 2 saturated heterocycles. The highest BCUT2D eigenvalue weighted by Gasteiger charge is 2.40.